The van der Waals surface area contributed by atoms with Crippen molar-refractivity contribution in [2.75, 3.05) is 14.2 Å². The maximum atomic E-state index is 12.0. The van der Waals surface area contributed by atoms with Crippen molar-refractivity contribution in [3.05, 3.63) is 33.7 Å². The Labute approximate surface area is 103 Å². The quantitative estimate of drug-likeness (QED) is 0.776. The minimum Gasteiger partial charge on any atom is -0.496 e. The van der Waals surface area contributed by atoms with Gasteiger partial charge in [0.2, 0.25) is 0 Å². The molecule has 5 heteroatoms. The molecule has 0 amide bonds. The van der Waals surface area contributed by atoms with Gasteiger partial charge in [0.25, 0.3) is 0 Å². The third kappa shape index (κ3) is 1.73. The van der Waals surface area contributed by atoms with E-state index in [1.807, 2.05) is 0 Å². The molecule has 0 radical (unpaired) electrons. The summed E-state index contributed by atoms with van der Waals surface area (Å²) in [5.74, 6) is 0.964. The summed E-state index contributed by atoms with van der Waals surface area (Å²) < 4.78 is 15.7. The van der Waals surface area contributed by atoms with Crippen LogP contribution < -0.4 is 14.9 Å². The predicted molar refractivity (Wildman–Crippen MR) is 65.7 cm³/mol. The summed E-state index contributed by atoms with van der Waals surface area (Å²) in [6, 6.07) is 2.86. The van der Waals surface area contributed by atoms with Gasteiger partial charge in [-0.05, 0) is 6.92 Å². The van der Waals surface area contributed by atoms with Gasteiger partial charge in [-0.25, -0.2) is 0 Å². The van der Waals surface area contributed by atoms with Crippen molar-refractivity contribution in [2.24, 2.45) is 0 Å². The Balaban J connectivity index is 3.02. The van der Waals surface area contributed by atoms with Gasteiger partial charge < -0.3 is 13.9 Å². The zero-order valence-electron chi connectivity index (χ0n) is 10.3. The highest BCUT2D eigenvalue weighted by atomic mass is 16.5. The summed E-state index contributed by atoms with van der Waals surface area (Å²) in [4.78, 5) is 23.0. The predicted octanol–water partition coefficient (Wildman–Crippen LogP) is 1.93. The number of methoxy groups -OCH3 is 2. The highest BCUT2D eigenvalue weighted by Gasteiger charge is 2.18. The van der Waals surface area contributed by atoms with Crippen LogP contribution in [0.15, 0.2) is 21.3 Å². The second-order valence-electron chi connectivity index (χ2n) is 3.74. The Morgan fingerprint density at radius 1 is 1.22 bits per heavy atom. The van der Waals surface area contributed by atoms with Crippen LogP contribution in [-0.2, 0) is 0 Å². The average molecular weight is 248 g/mol. The molecule has 0 atom stereocenters. The van der Waals surface area contributed by atoms with E-state index in [9.17, 15) is 9.59 Å². The molecule has 1 aromatic carbocycles. The lowest BCUT2D eigenvalue weighted by Crippen LogP contribution is -2.06. The molecule has 0 bridgehead atoms. The van der Waals surface area contributed by atoms with Crippen molar-refractivity contribution in [1.29, 1.82) is 0 Å². The van der Waals surface area contributed by atoms with E-state index in [0.29, 0.717) is 23.4 Å². The molecule has 18 heavy (non-hydrogen) atoms. The van der Waals surface area contributed by atoms with Gasteiger partial charge in [0.1, 0.15) is 28.2 Å². The van der Waals surface area contributed by atoms with Crippen LogP contribution in [0.1, 0.15) is 16.1 Å². The lowest BCUT2D eigenvalue weighted by Gasteiger charge is -2.11. The first-order valence-electron chi connectivity index (χ1n) is 5.27. The highest BCUT2D eigenvalue weighted by Crippen LogP contribution is 2.34. The van der Waals surface area contributed by atoms with E-state index in [4.69, 9.17) is 13.9 Å². The fraction of sp³-hybridized carbons (Fsp3) is 0.231. The Kier molecular flexibility index (Phi) is 3.06. The monoisotopic (exact) mass is 248 g/mol. The van der Waals surface area contributed by atoms with Gasteiger partial charge in [-0.2, -0.15) is 0 Å². The van der Waals surface area contributed by atoms with Gasteiger partial charge in [0, 0.05) is 12.1 Å². The molecule has 0 aliphatic heterocycles. The van der Waals surface area contributed by atoms with Crippen LogP contribution in [0.3, 0.4) is 0 Å². The highest BCUT2D eigenvalue weighted by molar-refractivity contribution is 5.96. The maximum absolute atomic E-state index is 12.0. The SMILES string of the molecule is COc1cc2oc(C)cc(=O)c2c(OC)c1C=O. The minimum absolute atomic E-state index is 0.174. The van der Waals surface area contributed by atoms with Crippen LogP contribution in [0.2, 0.25) is 0 Å². The Bertz CT molecular complexity index is 669. The maximum Gasteiger partial charge on any atom is 0.196 e. The topological polar surface area (TPSA) is 65.7 Å². The van der Waals surface area contributed by atoms with Gasteiger partial charge in [0.05, 0.1) is 19.8 Å². The molecule has 0 saturated carbocycles. The summed E-state index contributed by atoms with van der Waals surface area (Å²) in [5, 5.41) is 0.242. The van der Waals surface area contributed by atoms with Crippen LogP contribution in [0.25, 0.3) is 11.0 Å². The van der Waals surface area contributed by atoms with E-state index in [2.05, 4.69) is 0 Å². The van der Waals surface area contributed by atoms with Gasteiger partial charge >= 0.3 is 0 Å². The van der Waals surface area contributed by atoms with Crippen molar-refractivity contribution in [1.82, 2.24) is 0 Å². The summed E-state index contributed by atoms with van der Waals surface area (Å²) >= 11 is 0. The number of benzene rings is 1. The zero-order valence-corrected chi connectivity index (χ0v) is 10.3. The standard InChI is InChI=1S/C13H12O5/c1-7-4-9(15)12-11(18-7)5-10(16-2)8(6-14)13(12)17-3/h4-6H,1-3H3. The fourth-order valence-electron chi connectivity index (χ4n) is 1.89. The molecule has 94 valence electrons. The summed E-state index contributed by atoms with van der Waals surface area (Å²) in [5.41, 5.74) is 0.277. The largest absolute Gasteiger partial charge is 0.496 e. The molecule has 2 aromatic rings. The molecule has 1 aromatic heterocycles. The average Bonchev–Trinajstić information content (AvgIpc) is 2.35. The molecule has 2 rings (SSSR count). The summed E-state index contributed by atoms with van der Waals surface area (Å²) in [6.07, 6.45) is 0.594. The summed E-state index contributed by atoms with van der Waals surface area (Å²) in [6.45, 7) is 1.67. The van der Waals surface area contributed by atoms with Gasteiger partial charge in [0.15, 0.2) is 11.7 Å². The number of rotatable bonds is 3. The number of hydrogen-bond acceptors (Lipinski definition) is 5. The number of fused-ring (bicyclic) bond motifs is 1. The van der Waals surface area contributed by atoms with Crippen molar-refractivity contribution >= 4 is 17.3 Å². The molecule has 0 unspecified atom stereocenters. The fourth-order valence-corrected chi connectivity index (χ4v) is 1.89. The first-order valence-corrected chi connectivity index (χ1v) is 5.27. The van der Waals surface area contributed by atoms with Gasteiger partial charge in [-0.1, -0.05) is 0 Å². The van der Waals surface area contributed by atoms with Crippen LogP contribution in [0, 0.1) is 6.92 Å². The second-order valence-corrected chi connectivity index (χ2v) is 3.74. The molecule has 0 aliphatic carbocycles. The Hall–Kier alpha value is -2.30. The van der Waals surface area contributed by atoms with Crippen LogP contribution in [0.4, 0.5) is 0 Å². The molecular formula is C13H12O5. The van der Waals surface area contributed by atoms with Gasteiger partial charge in [-0.15, -0.1) is 0 Å². The van der Waals surface area contributed by atoms with Gasteiger partial charge in [-0.3, -0.25) is 9.59 Å². The first-order chi connectivity index (χ1) is 8.62. The Morgan fingerprint density at radius 3 is 2.50 bits per heavy atom. The number of carbonyl (C=O) groups is 1. The number of aldehydes is 1. The van der Waals surface area contributed by atoms with Crippen molar-refractivity contribution in [2.45, 2.75) is 6.92 Å². The van der Waals surface area contributed by atoms with Crippen molar-refractivity contribution < 1.29 is 18.7 Å². The molecule has 0 aliphatic rings. The minimum atomic E-state index is -0.253. The van der Waals surface area contributed by atoms with Crippen molar-refractivity contribution in [3.63, 3.8) is 0 Å². The third-order valence-corrected chi connectivity index (χ3v) is 2.64. The van der Waals surface area contributed by atoms with E-state index in [1.54, 1.807) is 6.92 Å². The number of hydrogen-bond donors (Lipinski definition) is 0. The van der Waals surface area contributed by atoms with Crippen LogP contribution >= 0.6 is 0 Å². The van der Waals surface area contributed by atoms with Crippen molar-refractivity contribution in [3.8, 4) is 11.5 Å². The molecule has 1 heterocycles. The second kappa shape index (κ2) is 4.52. The molecule has 0 N–H and O–H groups in total. The first kappa shape index (κ1) is 12.2. The molecular weight excluding hydrogens is 236 g/mol. The molecule has 0 spiro atoms. The van der Waals surface area contributed by atoms with E-state index in [0.717, 1.165) is 0 Å². The van der Waals surface area contributed by atoms with E-state index < -0.39 is 0 Å². The number of aryl methyl sites for hydroxylation is 1. The number of carbonyl (C=O) groups excluding carboxylic acids is 1. The summed E-state index contributed by atoms with van der Waals surface area (Å²) in [7, 11) is 2.82. The lowest BCUT2D eigenvalue weighted by atomic mass is 10.1. The molecule has 0 fully saturated rings. The normalized spacial score (nSPS) is 10.4. The van der Waals surface area contributed by atoms with E-state index in [1.165, 1.54) is 26.4 Å². The Morgan fingerprint density at radius 2 is 1.94 bits per heavy atom. The van der Waals surface area contributed by atoms with Crippen LogP contribution in [-0.4, -0.2) is 20.5 Å². The molecule has 0 saturated heterocycles. The molecule has 5 nitrogen and oxygen atoms in total. The number of ether oxygens (including phenoxy) is 2. The van der Waals surface area contributed by atoms with E-state index >= 15 is 0 Å². The zero-order chi connectivity index (χ0) is 13.3. The smallest absolute Gasteiger partial charge is 0.196 e. The lowest BCUT2D eigenvalue weighted by molar-refractivity contribution is 0.111. The third-order valence-electron chi connectivity index (χ3n) is 2.64. The van der Waals surface area contributed by atoms with E-state index in [-0.39, 0.29) is 22.1 Å². The van der Waals surface area contributed by atoms with Crippen LogP contribution in [0.5, 0.6) is 11.5 Å².